The molecule has 0 atom stereocenters. The van der Waals surface area contributed by atoms with E-state index in [0.717, 1.165) is 18.2 Å². The second-order valence-corrected chi connectivity index (χ2v) is 6.38. The molecule has 0 radical (unpaired) electrons. The fourth-order valence-electron chi connectivity index (χ4n) is 1.92. The third kappa shape index (κ3) is 4.63. The average Bonchev–Trinajstić information content (AvgIpc) is 2.76. The van der Waals surface area contributed by atoms with Crippen molar-refractivity contribution in [1.82, 2.24) is 9.88 Å². The van der Waals surface area contributed by atoms with Crippen molar-refractivity contribution in [3.63, 3.8) is 0 Å². The molecule has 0 fully saturated rings. The number of nitrogens with one attached hydrogen (secondary N) is 1. The van der Waals surface area contributed by atoms with Crippen LogP contribution < -0.4 is 5.32 Å². The number of aryl methyl sites for hydroxylation is 1. The minimum atomic E-state index is -0.503. The maximum atomic E-state index is 12.1. The van der Waals surface area contributed by atoms with Crippen LogP contribution in [0.4, 0.5) is 5.69 Å². The molecule has 0 saturated carbocycles. The highest BCUT2D eigenvalue weighted by Gasteiger charge is 2.21. The quantitative estimate of drug-likeness (QED) is 0.468. The molecule has 7 heteroatoms. The molecule has 1 N–H and O–H groups in total. The Kier molecular flexibility index (Phi) is 5.74. The first-order chi connectivity index (χ1) is 9.26. The van der Waals surface area contributed by atoms with Gasteiger partial charge in [0, 0.05) is 25.0 Å². The number of hydrogen-bond donors (Lipinski definition) is 1. The van der Waals surface area contributed by atoms with Crippen LogP contribution in [0.3, 0.4) is 0 Å². The van der Waals surface area contributed by atoms with Crippen molar-refractivity contribution in [3.05, 3.63) is 28.1 Å². The molecular weight excluding hydrogens is 326 g/mol. The zero-order valence-corrected chi connectivity index (χ0v) is 13.6. The molecule has 0 aliphatic rings. The minimum absolute atomic E-state index is 0.000524. The van der Waals surface area contributed by atoms with Crippen molar-refractivity contribution < 1.29 is 9.72 Å². The van der Waals surface area contributed by atoms with Crippen LogP contribution in [0.25, 0.3) is 0 Å². The first kappa shape index (κ1) is 16.7. The molecule has 20 heavy (non-hydrogen) atoms. The van der Waals surface area contributed by atoms with E-state index in [1.807, 2.05) is 0 Å². The summed E-state index contributed by atoms with van der Waals surface area (Å²) in [7, 11) is 1.62. The fraction of sp³-hybridized carbons (Fsp3) is 0.615. The summed E-state index contributed by atoms with van der Waals surface area (Å²) in [6.45, 7) is 4.71. The third-order valence-electron chi connectivity index (χ3n) is 3.15. The number of hydrogen-bond acceptors (Lipinski definition) is 3. The van der Waals surface area contributed by atoms with Gasteiger partial charge < -0.3 is 9.88 Å². The van der Waals surface area contributed by atoms with Crippen LogP contribution in [0.2, 0.25) is 0 Å². The van der Waals surface area contributed by atoms with Gasteiger partial charge in [0.15, 0.2) is 0 Å². The molecule has 1 aromatic heterocycles. The van der Waals surface area contributed by atoms with E-state index >= 15 is 0 Å². The van der Waals surface area contributed by atoms with Crippen LogP contribution in [-0.2, 0) is 7.05 Å². The highest BCUT2D eigenvalue weighted by molar-refractivity contribution is 9.09. The van der Waals surface area contributed by atoms with Crippen LogP contribution in [0.1, 0.15) is 37.2 Å². The van der Waals surface area contributed by atoms with Crippen LogP contribution >= 0.6 is 15.9 Å². The number of carbonyl (C=O) groups is 1. The standard InChI is InChI=1S/C13H20BrN3O3/c1-13(2,5-4-6-14)9-15-12(18)11-7-10(17(19)20)8-16(11)3/h7-8H,4-6,9H2,1-3H3,(H,15,18). The molecule has 0 spiro atoms. The normalized spacial score (nSPS) is 11.4. The Morgan fingerprint density at radius 1 is 1.55 bits per heavy atom. The third-order valence-corrected chi connectivity index (χ3v) is 3.71. The number of alkyl halides is 1. The number of carbonyl (C=O) groups excluding carboxylic acids is 1. The van der Waals surface area contributed by atoms with Gasteiger partial charge in [-0.15, -0.1) is 0 Å². The van der Waals surface area contributed by atoms with Crippen molar-refractivity contribution >= 4 is 27.5 Å². The van der Waals surface area contributed by atoms with Gasteiger partial charge in [-0.2, -0.15) is 0 Å². The predicted octanol–water partition coefficient (Wildman–Crippen LogP) is 2.86. The van der Waals surface area contributed by atoms with Crippen LogP contribution in [-0.4, -0.2) is 27.3 Å². The summed E-state index contributed by atoms with van der Waals surface area (Å²) in [4.78, 5) is 22.2. The van der Waals surface area contributed by atoms with Gasteiger partial charge >= 0.3 is 0 Å². The van der Waals surface area contributed by atoms with E-state index < -0.39 is 4.92 Å². The highest BCUT2D eigenvalue weighted by atomic mass is 79.9. The smallest absolute Gasteiger partial charge is 0.287 e. The van der Waals surface area contributed by atoms with Crippen molar-refractivity contribution in [2.24, 2.45) is 12.5 Å². The van der Waals surface area contributed by atoms with E-state index in [2.05, 4.69) is 35.1 Å². The molecule has 1 amide bonds. The number of amides is 1. The molecule has 1 aromatic rings. The van der Waals surface area contributed by atoms with E-state index in [9.17, 15) is 14.9 Å². The zero-order chi connectivity index (χ0) is 15.3. The van der Waals surface area contributed by atoms with Gasteiger partial charge in [0.2, 0.25) is 0 Å². The van der Waals surface area contributed by atoms with E-state index in [1.54, 1.807) is 7.05 Å². The summed E-state index contributed by atoms with van der Waals surface area (Å²) in [5.74, 6) is -0.285. The fourth-order valence-corrected chi connectivity index (χ4v) is 2.20. The Labute approximate surface area is 126 Å². The lowest BCUT2D eigenvalue weighted by Gasteiger charge is -2.24. The van der Waals surface area contributed by atoms with Crippen LogP contribution in [0.5, 0.6) is 0 Å². The van der Waals surface area contributed by atoms with Gasteiger partial charge in [0.25, 0.3) is 11.6 Å². The molecule has 0 saturated heterocycles. The van der Waals surface area contributed by atoms with Crippen LogP contribution in [0.15, 0.2) is 12.3 Å². The van der Waals surface area contributed by atoms with E-state index in [1.165, 1.54) is 16.8 Å². The number of aromatic nitrogens is 1. The molecule has 1 rings (SSSR count). The first-order valence-corrected chi connectivity index (χ1v) is 7.54. The second-order valence-electron chi connectivity index (χ2n) is 5.59. The molecule has 112 valence electrons. The summed E-state index contributed by atoms with van der Waals surface area (Å²) in [6, 6.07) is 1.29. The Morgan fingerprint density at radius 3 is 2.70 bits per heavy atom. The Balaban J connectivity index is 2.65. The number of rotatable bonds is 7. The predicted molar refractivity (Wildman–Crippen MR) is 81.2 cm³/mol. The number of nitrogens with zero attached hydrogens (tertiary/aromatic N) is 2. The van der Waals surface area contributed by atoms with Crippen molar-refractivity contribution in [1.29, 1.82) is 0 Å². The van der Waals surface area contributed by atoms with Gasteiger partial charge in [-0.25, -0.2) is 0 Å². The molecule has 0 aromatic carbocycles. The summed E-state index contributed by atoms with van der Waals surface area (Å²) in [5, 5.41) is 14.5. The molecule has 0 aliphatic carbocycles. The molecule has 6 nitrogen and oxygen atoms in total. The van der Waals surface area contributed by atoms with Crippen molar-refractivity contribution in [3.8, 4) is 0 Å². The van der Waals surface area contributed by atoms with Crippen molar-refractivity contribution in [2.45, 2.75) is 26.7 Å². The summed E-state index contributed by atoms with van der Waals surface area (Å²) in [6.07, 6.45) is 3.37. The average molecular weight is 346 g/mol. The SMILES string of the molecule is Cn1cc([N+](=O)[O-])cc1C(=O)NCC(C)(C)CCCBr. The first-order valence-electron chi connectivity index (χ1n) is 6.42. The Hall–Kier alpha value is -1.37. The van der Waals surface area contributed by atoms with Gasteiger partial charge in [0.05, 0.1) is 11.1 Å². The Bertz CT molecular complexity index is 497. The van der Waals surface area contributed by atoms with E-state index in [-0.39, 0.29) is 17.0 Å². The van der Waals surface area contributed by atoms with Crippen LogP contribution in [0, 0.1) is 15.5 Å². The molecule has 0 aliphatic heterocycles. The minimum Gasteiger partial charge on any atom is -0.350 e. The summed E-state index contributed by atoms with van der Waals surface area (Å²) < 4.78 is 1.47. The summed E-state index contributed by atoms with van der Waals surface area (Å²) in [5.41, 5.74) is 0.227. The number of halogens is 1. The summed E-state index contributed by atoms with van der Waals surface area (Å²) >= 11 is 3.39. The largest absolute Gasteiger partial charge is 0.350 e. The topological polar surface area (TPSA) is 77.2 Å². The molecular formula is C13H20BrN3O3. The van der Waals surface area contributed by atoms with E-state index in [4.69, 9.17) is 0 Å². The number of nitro groups is 1. The second kappa shape index (κ2) is 6.88. The lowest BCUT2D eigenvalue weighted by Crippen LogP contribution is -2.34. The molecule has 0 bridgehead atoms. The van der Waals surface area contributed by atoms with Crippen molar-refractivity contribution in [2.75, 3.05) is 11.9 Å². The van der Waals surface area contributed by atoms with Gasteiger partial charge in [-0.3, -0.25) is 14.9 Å². The maximum absolute atomic E-state index is 12.1. The Morgan fingerprint density at radius 2 is 2.20 bits per heavy atom. The van der Waals surface area contributed by atoms with Gasteiger partial charge in [0.1, 0.15) is 5.69 Å². The maximum Gasteiger partial charge on any atom is 0.287 e. The highest BCUT2D eigenvalue weighted by Crippen LogP contribution is 2.22. The monoisotopic (exact) mass is 345 g/mol. The van der Waals surface area contributed by atoms with Gasteiger partial charge in [-0.1, -0.05) is 29.8 Å². The van der Waals surface area contributed by atoms with E-state index in [0.29, 0.717) is 12.2 Å². The lowest BCUT2D eigenvalue weighted by atomic mass is 9.88. The lowest BCUT2D eigenvalue weighted by molar-refractivity contribution is -0.384. The molecule has 0 unspecified atom stereocenters. The van der Waals surface area contributed by atoms with Gasteiger partial charge in [-0.05, 0) is 18.3 Å². The zero-order valence-electron chi connectivity index (χ0n) is 12.0. The molecule has 1 heterocycles.